The van der Waals surface area contributed by atoms with Crippen LogP contribution in [0.4, 0.5) is 5.82 Å². The molecule has 3 rings (SSSR count). The van der Waals surface area contributed by atoms with Crippen LogP contribution in [0.25, 0.3) is 11.2 Å². The summed E-state index contributed by atoms with van der Waals surface area (Å²) in [5, 5.41) is 11.1. The van der Waals surface area contributed by atoms with Gasteiger partial charge in [0.1, 0.15) is 6.07 Å². The van der Waals surface area contributed by atoms with Gasteiger partial charge in [-0.3, -0.25) is 15.2 Å². The lowest BCUT2D eigenvalue weighted by atomic mass is 10.2. The van der Waals surface area contributed by atoms with Crippen molar-refractivity contribution < 1.29 is 4.79 Å². The number of hydrazine groups is 1. The third kappa shape index (κ3) is 3.75. The van der Waals surface area contributed by atoms with E-state index in [0.29, 0.717) is 23.4 Å². The molecule has 1 saturated carbocycles. The zero-order chi connectivity index (χ0) is 18.5. The molecule has 9 heteroatoms. The number of imidazole rings is 1. The van der Waals surface area contributed by atoms with E-state index in [1.54, 1.807) is 11.3 Å². The Morgan fingerprint density at radius 3 is 2.81 bits per heavy atom. The van der Waals surface area contributed by atoms with E-state index in [-0.39, 0.29) is 11.9 Å². The molecule has 2 aromatic rings. The molecule has 0 spiro atoms. The van der Waals surface area contributed by atoms with E-state index in [2.05, 4.69) is 25.3 Å². The number of amides is 1. The maximum atomic E-state index is 11.2. The third-order valence-corrected chi connectivity index (χ3v) is 4.66. The second kappa shape index (κ2) is 8.10. The van der Waals surface area contributed by atoms with Crippen molar-refractivity contribution in [3.8, 4) is 6.07 Å². The first kappa shape index (κ1) is 18.1. The van der Waals surface area contributed by atoms with Crippen LogP contribution in [-0.2, 0) is 11.3 Å². The monoisotopic (exact) mass is 356 g/mol. The molecule has 0 saturated heterocycles. The molecule has 0 radical (unpaired) electrons. The molecule has 0 aliphatic heterocycles. The highest BCUT2D eigenvalue weighted by atomic mass is 16.1. The fraction of sp³-hybridized carbons (Fsp3) is 0.588. The van der Waals surface area contributed by atoms with Crippen LogP contribution in [0, 0.1) is 11.3 Å². The van der Waals surface area contributed by atoms with Gasteiger partial charge in [-0.15, -0.1) is 0 Å². The molecule has 1 aliphatic rings. The summed E-state index contributed by atoms with van der Waals surface area (Å²) in [6, 6.07) is 2.18. The van der Waals surface area contributed by atoms with E-state index < -0.39 is 0 Å². The van der Waals surface area contributed by atoms with Crippen molar-refractivity contribution in [2.75, 3.05) is 25.6 Å². The predicted molar refractivity (Wildman–Crippen MR) is 97.1 cm³/mol. The molecule has 1 amide bonds. The second-order valence-electron chi connectivity index (χ2n) is 6.80. The van der Waals surface area contributed by atoms with Crippen LogP contribution >= 0.6 is 0 Å². The Kier molecular flexibility index (Phi) is 5.63. The molecule has 9 nitrogen and oxygen atoms in total. The summed E-state index contributed by atoms with van der Waals surface area (Å²) in [6.45, 7) is 1.70. The van der Waals surface area contributed by atoms with Crippen LogP contribution in [0.3, 0.4) is 0 Å². The van der Waals surface area contributed by atoms with E-state index in [1.807, 2.05) is 24.7 Å². The molecule has 2 heterocycles. The van der Waals surface area contributed by atoms with Crippen LogP contribution in [0.2, 0.25) is 0 Å². The van der Waals surface area contributed by atoms with Crippen molar-refractivity contribution in [3.05, 3.63) is 12.2 Å². The Hall–Kier alpha value is -2.73. The first-order chi connectivity index (χ1) is 12.6. The minimum Gasteiger partial charge on any atom is -0.315 e. The van der Waals surface area contributed by atoms with Crippen LogP contribution in [0.5, 0.6) is 0 Å². The Labute approximate surface area is 152 Å². The molecule has 2 aromatic heterocycles. The minimum atomic E-state index is 0.0811. The number of nitrogens with zero attached hydrogens (tertiary/aromatic N) is 7. The zero-order valence-corrected chi connectivity index (χ0v) is 15.2. The van der Waals surface area contributed by atoms with Gasteiger partial charge in [-0.1, -0.05) is 12.8 Å². The first-order valence-corrected chi connectivity index (χ1v) is 8.90. The number of rotatable bonds is 8. The lowest BCUT2D eigenvalue weighted by Crippen LogP contribution is -2.45. The van der Waals surface area contributed by atoms with Crippen molar-refractivity contribution in [3.63, 3.8) is 0 Å². The van der Waals surface area contributed by atoms with Gasteiger partial charge in [0.15, 0.2) is 17.0 Å². The smallest absolute Gasteiger partial charge is 0.236 e. The highest BCUT2D eigenvalue weighted by Crippen LogP contribution is 2.29. The van der Waals surface area contributed by atoms with E-state index >= 15 is 0 Å². The van der Waals surface area contributed by atoms with Crippen molar-refractivity contribution >= 4 is 23.4 Å². The number of hydrogen-bond acceptors (Lipinski definition) is 7. The largest absolute Gasteiger partial charge is 0.315 e. The van der Waals surface area contributed by atoms with E-state index in [4.69, 9.17) is 0 Å². The van der Waals surface area contributed by atoms with Crippen molar-refractivity contribution in [1.82, 2.24) is 29.8 Å². The summed E-state index contributed by atoms with van der Waals surface area (Å²) in [5.74, 6) is 0.578. The molecular weight excluding hydrogens is 332 g/mol. The average Bonchev–Trinajstić information content (AvgIpc) is 3.29. The van der Waals surface area contributed by atoms with E-state index in [1.165, 1.54) is 0 Å². The zero-order valence-electron chi connectivity index (χ0n) is 15.2. The van der Waals surface area contributed by atoms with Gasteiger partial charge < -0.3 is 9.47 Å². The van der Waals surface area contributed by atoms with Crippen LogP contribution in [-0.4, -0.2) is 57.5 Å². The van der Waals surface area contributed by atoms with Crippen molar-refractivity contribution in [1.29, 1.82) is 5.26 Å². The summed E-state index contributed by atoms with van der Waals surface area (Å²) in [5.41, 5.74) is 3.98. The number of nitrogens with one attached hydrogen (secondary N) is 1. The second-order valence-corrected chi connectivity index (χ2v) is 6.80. The summed E-state index contributed by atoms with van der Waals surface area (Å²) in [6.07, 6.45) is 7.48. The molecule has 0 aromatic carbocycles. The van der Waals surface area contributed by atoms with Gasteiger partial charge in [-0.05, 0) is 39.9 Å². The number of hydrogen-bond donors (Lipinski definition) is 1. The van der Waals surface area contributed by atoms with E-state index in [0.717, 1.165) is 45.2 Å². The van der Waals surface area contributed by atoms with Gasteiger partial charge in [0.25, 0.3) is 0 Å². The van der Waals surface area contributed by atoms with Gasteiger partial charge >= 0.3 is 0 Å². The van der Waals surface area contributed by atoms with Gasteiger partial charge in [0.05, 0.1) is 12.4 Å². The lowest BCUT2D eigenvalue weighted by molar-refractivity contribution is -0.109. The number of aromatic nitrogens is 4. The van der Waals surface area contributed by atoms with Crippen molar-refractivity contribution in [2.45, 2.75) is 44.7 Å². The fourth-order valence-electron chi connectivity index (χ4n) is 3.43. The molecule has 0 bridgehead atoms. The number of carbonyl (C=O) groups is 1. The summed E-state index contributed by atoms with van der Waals surface area (Å²) in [7, 11) is 4.06. The van der Waals surface area contributed by atoms with Gasteiger partial charge in [0, 0.05) is 6.54 Å². The van der Waals surface area contributed by atoms with Crippen LogP contribution in [0.15, 0.2) is 6.33 Å². The number of carbonyl (C=O) groups excluding carboxylic acids is 1. The third-order valence-electron chi connectivity index (χ3n) is 4.66. The number of aryl methyl sites for hydroxylation is 1. The standard InChI is InChI=1S/C17H24N8O/c1-23(2)8-5-9-24-11-19-15-16(24)21-14(10-18)22-17(15)25(20-12-26)13-6-3-4-7-13/h11-13H,3-9H2,1-2H3,(H,20,26). The summed E-state index contributed by atoms with van der Waals surface area (Å²) in [4.78, 5) is 26.5. The molecular formula is C17H24N8O. The van der Waals surface area contributed by atoms with Crippen LogP contribution in [0.1, 0.15) is 37.9 Å². The Morgan fingerprint density at radius 1 is 1.38 bits per heavy atom. The Balaban J connectivity index is 1.99. The molecule has 26 heavy (non-hydrogen) atoms. The van der Waals surface area contributed by atoms with Crippen molar-refractivity contribution in [2.24, 2.45) is 0 Å². The molecule has 138 valence electrons. The predicted octanol–water partition coefficient (Wildman–Crippen LogP) is 1.06. The Morgan fingerprint density at radius 2 is 2.15 bits per heavy atom. The van der Waals surface area contributed by atoms with Gasteiger partial charge in [-0.25, -0.2) is 4.98 Å². The maximum absolute atomic E-state index is 11.2. The average molecular weight is 356 g/mol. The summed E-state index contributed by atoms with van der Waals surface area (Å²) < 4.78 is 1.94. The first-order valence-electron chi connectivity index (χ1n) is 8.90. The number of nitriles is 1. The fourth-order valence-corrected chi connectivity index (χ4v) is 3.43. The maximum Gasteiger partial charge on any atom is 0.236 e. The van der Waals surface area contributed by atoms with Gasteiger partial charge in [-0.2, -0.15) is 15.2 Å². The normalized spacial score (nSPS) is 14.7. The summed E-state index contributed by atoms with van der Waals surface area (Å²) >= 11 is 0. The van der Waals surface area contributed by atoms with Crippen LogP contribution < -0.4 is 10.4 Å². The highest BCUT2D eigenvalue weighted by molar-refractivity contribution is 5.84. The Bertz CT molecular complexity index is 803. The molecule has 1 aliphatic carbocycles. The number of anilines is 1. The molecule has 1 N–H and O–H groups in total. The number of fused-ring (bicyclic) bond motifs is 1. The molecule has 0 atom stereocenters. The minimum absolute atomic E-state index is 0.0811. The highest BCUT2D eigenvalue weighted by Gasteiger charge is 2.27. The van der Waals surface area contributed by atoms with E-state index in [9.17, 15) is 10.1 Å². The molecule has 1 fully saturated rings. The lowest BCUT2D eigenvalue weighted by Gasteiger charge is -2.28. The SMILES string of the molecule is CN(C)CCCn1cnc2c(N(NC=O)C3CCCC3)nc(C#N)nc21. The quantitative estimate of drug-likeness (QED) is 0.557. The topological polar surface area (TPSA) is 103 Å². The molecule has 0 unspecified atom stereocenters. The van der Waals surface area contributed by atoms with Gasteiger partial charge in [0.2, 0.25) is 12.2 Å².